The number of hydrogen-bond donors (Lipinski definition) is 2. The van der Waals surface area contributed by atoms with Crippen LogP contribution < -0.4 is 11.1 Å². The standard InChI is InChI=1S/C19H20N2O4/c1-21-16-11-5-9-14(17(16)25-19(21)24)18(23)20-15(10-6-12-22)13-7-3-2-4-8-13/h2-5,7-9,11,15,22H,6,10,12H2,1H3,(H,20,23). The molecule has 1 amide bonds. The Balaban J connectivity index is 1.91. The molecule has 3 aromatic rings. The van der Waals surface area contributed by atoms with Crippen LogP contribution >= 0.6 is 0 Å². The molecule has 2 aromatic carbocycles. The molecule has 0 bridgehead atoms. The first-order valence-corrected chi connectivity index (χ1v) is 8.17. The number of aliphatic hydroxyl groups excluding tert-OH is 1. The van der Waals surface area contributed by atoms with E-state index in [9.17, 15) is 9.59 Å². The Morgan fingerprint density at radius 3 is 2.68 bits per heavy atom. The molecule has 0 fully saturated rings. The Labute approximate surface area is 144 Å². The number of para-hydroxylation sites is 1. The Morgan fingerprint density at radius 1 is 1.20 bits per heavy atom. The summed E-state index contributed by atoms with van der Waals surface area (Å²) in [7, 11) is 1.60. The fraction of sp³-hybridized carbons (Fsp3) is 0.263. The van der Waals surface area contributed by atoms with E-state index in [0.29, 0.717) is 23.9 Å². The maximum atomic E-state index is 12.8. The van der Waals surface area contributed by atoms with Crippen molar-refractivity contribution in [1.82, 2.24) is 9.88 Å². The predicted octanol–water partition coefficient (Wildman–Crippen LogP) is 2.38. The van der Waals surface area contributed by atoms with Gasteiger partial charge in [-0.15, -0.1) is 0 Å². The van der Waals surface area contributed by atoms with Crippen LogP contribution in [-0.4, -0.2) is 22.2 Å². The molecule has 0 spiro atoms. The number of hydrogen-bond acceptors (Lipinski definition) is 4. The molecular weight excluding hydrogens is 320 g/mol. The molecule has 0 saturated heterocycles. The molecule has 0 aliphatic heterocycles. The highest BCUT2D eigenvalue weighted by Crippen LogP contribution is 2.21. The highest BCUT2D eigenvalue weighted by atomic mass is 16.4. The van der Waals surface area contributed by atoms with E-state index in [-0.39, 0.29) is 24.1 Å². The molecule has 1 unspecified atom stereocenters. The number of aromatic nitrogens is 1. The van der Waals surface area contributed by atoms with Gasteiger partial charge in [0, 0.05) is 13.7 Å². The van der Waals surface area contributed by atoms with Crippen molar-refractivity contribution in [1.29, 1.82) is 0 Å². The molecule has 2 N–H and O–H groups in total. The first-order chi connectivity index (χ1) is 12.1. The molecule has 0 aliphatic rings. The predicted molar refractivity (Wildman–Crippen MR) is 94.4 cm³/mol. The van der Waals surface area contributed by atoms with Gasteiger partial charge in [0.1, 0.15) is 0 Å². The minimum absolute atomic E-state index is 0.0579. The zero-order valence-electron chi connectivity index (χ0n) is 13.9. The maximum Gasteiger partial charge on any atom is 0.419 e. The molecule has 1 aromatic heterocycles. The highest BCUT2D eigenvalue weighted by molar-refractivity contribution is 6.04. The van der Waals surface area contributed by atoms with Crippen molar-refractivity contribution in [3.05, 3.63) is 70.2 Å². The third-order valence-electron chi connectivity index (χ3n) is 4.22. The summed E-state index contributed by atoms with van der Waals surface area (Å²) >= 11 is 0. The Bertz CT molecular complexity index is 927. The van der Waals surface area contributed by atoms with Gasteiger partial charge in [0.25, 0.3) is 5.91 Å². The summed E-state index contributed by atoms with van der Waals surface area (Å²) in [5.41, 5.74) is 2.14. The molecule has 6 heteroatoms. The van der Waals surface area contributed by atoms with Gasteiger partial charge >= 0.3 is 5.76 Å². The van der Waals surface area contributed by atoms with Crippen molar-refractivity contribution in [2.24, 2.45) is 7.05 Å². The monoisotopic (exact) mass is 340 g/mol. The molecule has 0 aliphatic carbocycles. The molecular formula is C19H20N2O4. The molecule has 0 radical (unpaired) electrons. The van der Waals surface area contributed by atoms with E-state index in [4.69, 9.17) is 9.52 Å². The van der Waals surface area contributed by atoms with Gasteiger partial charge in [-0.1, -0.05) is 36.4 Å². The summed E-state index contributed by atoms with van der Waals surface area (Å²) < 4.78 is 6.59. The normalized spacial score (nSPS) is 12.2. The smallest absolute Gasteiger partial charge is 0.407 e. The maximum absolute atomic E-state index is 12.8. The van der Waals surface area contributed by atoms with E-state index >= 15 is 0 Å². The number of rotatable bonds is 6. The summed E-state index contributed by atoms with van der Waals surface area (Å²) in [6, 6.07) is 14.5. The van der Waals surface area contributed by atoms with Crippen molar-refractivity contribution in [3.8, 4) is 0 Å². The number of carbonyl (C=O) groups excluding carboxylic acids is 1. The second kappa shape index (κ2) is 7.36. The van der Waals surface area contributed by atoms with Gasteiger partial charge in [0.15, 0.2) is 5.58 Å². The highest BCUT2D eigenvalue weighted by Gasteiger charge is 2.20. The number of fused-ring (bicyclic) bond motifs is 1. The zero-order valence-corrected chi connectivity index (χ0v) is 13.9. The van der Waals surface area contributed by atoms with Crippen LogP contribution in [0.4, 0.5) is 0 Å². The van der Waals surface area contributed by atoms with Gasteiger partial charge < -0.3 is 14.8 Å². The fourth-order valence-corrected chi connectivity index (χ4v) is 2.87. The number of carbonyl (C=O) groups is 1. The van der Waals surface area contributed by atoms with Gasteiger partial charge in [0.2, 0.25) is 0 Å². The number of benzene rings is 2. The Kier molecular flexibility index (Phi) is 5.00. The van der Waals surface area contributed by atoms with Crippen LogP contribution in [0.25, 0.3) is 11.1 Å². The van der Waals surface area contributed by atoms with E-state index in [0.717, 1.165) is 5.56 Å². The lowest BCUT2D eigenvalue weighted by Gasteiger charge is -2.19. The van der Waals surface area contributed by atoms with Crippen molar-refractivity contribution >= 4 is 17.0 Å². The van der Waals surface area contributed by atoms with E-state index in [1.807, 2.05) is 30.3 Å². The van der Waals surface area contributed by atoms with Crippen LogP contribution in [0.1, 0.15) is 34.8 Å². The quantitative estimate of drug-likeness (QED) is 0.721. The first kappa shape index (κ1) is 17.0. The molecule has 25 heavy (non-hydrogen) atoms. The molecule has 1 atom stereocenters. The van der Waals surface area contributed by atoms with Crippen LogP contribution in [0.5, 0.6) is 0 Å². The topological polar surface area (TPSA) is 84.5 Å². The van der Waals surface area contributed by atoms with E-state index < -0.39 is 5.76 Å². The van der Waals surface area contributed by atoms with E-state index in [1.165, 1.54) is 4.57 Å². The van der Waals surface area contributed by atoms with Crippen molar-refractivity contribution in [2.75, 3.05) is 6.61 Å². The number of aryl methyl sites for hydroxylation is 1. The lowest BCUT2D eigenvalue weighted by atomic mass is 10.0. The lowest BCUT2D eigenvalue weighted by molar-refractivity contribution is 0.0933. The van der Waals surface area contributed by atoms with Gasteiger partial charge in [-0.25, -0.2) is 4.79 Å². The molecule has 0 saturated carbocycles. The van der Waals surface area contributed by atoms with Crippen LogP contribution in [0.2, 0.25) is 0 Å². The molecule has 130 valence electrons. The summed E-state index contributed by atoms with van der Waals surface area (Å²) in [4.78, 5) is 24.5. The van der Waals surface area contributed by atoms with Crippen LogP contribution in [0.15, 0.2) is 57.7 Å². The lowest BCUT2D eigenvalue weighted by Crippen LogP contribution is -2.29. The third-order valence-corrected chi connectivity index (χ3v) is 4.22. The number of oxazole rings is 1. The van der Waals surface area contributed by atoms with Crippen LogP contribution in [0, 0.1) is 0 Å². The average molecular weight is 340 g/mol. The summed E-state index contributed by atoms with van der Waals surface area (Å²) in [6.45, 7) is 0.0579. The second-order valence-corrected chi connectivity index (χ2v) is 5.88. The van der Waals surface area contributed by atoms with Gasteiger partial charge in [-0.3, -0.25) is 9.36 Å². The fourth-order valence-electron chi connectivity index (χ4n) is 2.87. The largest absolute Gasteiger partial charge is 0.419 e. The number of amides is 1. The number of nitrogens with one attached hydrogen (secondary N) is 1. The van der Waals surface area contributed by atoms with Crippen LogP contribution in [0.3, 0.4) is 0 Å². The van der Waals surface area contributed by atoms with Crippen molar-refractivity contribution in [2.45, 2.75) is 18.9 Å². The molecule has 6 nitrogen and oxygen atoms in total. The van der Waals surface area contributed by atoms with E-state index in [2.05, 4.69) is 5.32 Å². The van der Waals surface area contributed by atoms with Crippen molar-refractivity contribution in [3.63, 3.8) is 0 Å². The molecule has 3 rings (SSSR count). The third kappa shape index (κ3) is 3.49. The van der Waals surface area contributed by atoms with E-state index in [1.54, 1.807) is 25.2 Å². The average Bonchev–Trinajstić information content (AvgIpc) is 2.93. The summed E-state index contributed by atoms with van der Waals surface area (Å²) in [6.07, 6.45) is 1.19. The van der Waals surface area contributed by atoms with Crippen molar-refractivity contribution < 1.29 is 14.3 Å². The molecule has 1 heterocycles. The summed E-state index contributed by atoms with van der Waals surface area (Å²) in [5.74, 6) is -0.818. The number of aliphatic hydroxyl groups is 1. The Morgan fingerprint density at radius 2 is 1.96 bits per heavy atom. The van der Waals surface area contributed by atoms with Crippen LogP contribution in [-0.2, 0) is 7.05 Å². The minimum atomic E-state index is -0.505. The zero-order chi connectivity index (χ0) is 17.8. The SMILES string of the molecule is Cn1c(=O)oc2c(C(=O)NC(CCCO)c3ccccc3)cccc21. The van der Waals surface area contributed by atoms with Gasteiger partial charge in [-0.05, 0) is 30.5 Å². The first-order valence-electron chi connectivity index (χ1n) is 8.17. The van der Waals surface area contributed by atoms with Gasteiger partial charge in [-0.2, -0.15) is 0 Å². The minimum Gasteiger partial charge on any atom is -0.407 e. The second-order valence-electron chi connectivity index (χ2n) is 5.88. The Hall–Kier alpha value is -2.86. The summed E-state index contributed by atoms with van der Waals surface area (Å²) in [5, 5.41) is 12.1. The van der Waals surface area contributed by atoms with Gasteiger partial charge in [0.05, 0.1) is 17.1 Å². The number of nitrogens with zero attached hydrogens (tertiary/aromatic N) is 1.